The number of halogens is 1. The first kappa shape index (κ1) is 16.4. The summed E-state index contributed by atoms with van der Waals surface area (Å²) < 4.78 is 6.70. The number of nitrogens with zero attached hydrogens (tertiary/aromatic N) is 3. The molecule has 0 aliphatic carbocycles. The van der Waals surface area contributed by atoms with Gasteiger partial charge >= 0.3 is 0 Å². The summed E-state index contributed by atoms with van der Waals surface area (Å²) >= 11 is 11.1. The molecule has 1 heterocycles. The number of aromatic nitrogens is 3. The van der Waals surface area contributed by atoms with Gasteiger partial charge < -0.3 is 4.74 Å². The molecule has 1 aromatic carbocycles. The molecule has 0 unspecified atom stereocenters. The number of ether oxygens (including phenoxy) is 1. The molecular formula is C14H15ClN4O2S. The van der Waals surface area contributed by atoms with E-state index >= 15 is 0 Å². The quantitative estimate of drug-likeness (QED) is 0.672. The third kappa shape index (κ3) is 3.80. The first-order chi connectivity index (χ1) is 10.5. The van der Waals surface area contributed by atoms with Gasteiger partial charge in [-0.3, -0.25) is 9.89 Å². The highest BCUT2D eigenvalue weighted by Gasteiger charge is 2.03. The molecule has 1 N–H and O–H groups in total. The van der Waals surface area contributed by atoms with Crippen molar-refractivity contribution in [3.05, 3.63) is 49.6 Å². The molecule has 0 spiro atoms. The van der Waals surface area contributed by atoms with Crippen molar-refractivity contribution in [3.63, 3.8) is 0 Å². The molecule has 0 aliphatic heterocycles. The van der Waals surface area contributed by atoms with Gasteiger partial charge in [-0.15, -0.1) is 0 Å². The lowest BCUT2D eigenvalue weighted by Gasteiger charge is -2.07. The van der Waals surface area contributed by atoms with Crippen LogP contribution in [-0.2, 0) is 0 Å². The Morgan fingerprint density at radius 2 is 2.32 bits per heavy atom. The van der Waals surface area contributed by atoms with Crippen molar-refractivity contribution < 1.29 is 4.74 Å². The second-order valence-corrected chi connectivity index (χ2v) is 5.31. The van der Waals surface area contributed by atoms with E-state index in [1.54, 1.807) is 25.1 Å². The van der Waals surface area contributed by atoms with Gasteiger partial charge in [0.1, 0.15) is 11.4 Å². The van der Waals surface area contributed by atoms with E-state index in [4.69, 9.17) is 28.6 Å². The van der Waals surface area contributed by atoms with Crippen LogP contribution in [0.1, 0.15) is 24.6 Å². The highest BCUT2D eigenvalue weighted by molar-refractivity contribution is 7.71. The van der Waals surface area contributed by atoms with Gasteiger partial charge in [-0.2, -0.15) is 14.9 Å². The predicted octanol–water partition coefficient (Wildman–Crippen LogP) is 2.93. The maximum Gasteiger partial charge on any atom is 0.296 e. The second-order valence-electron chi connectivity index (χ2n) is 4.51. The molecule has 6 nitrogen and oxygen atoms in total. The van der Waals surface area contributed by atoms with Gasteiger partial charge in [0.2, 0.25) is 4.77 Å². The fraction of sp³-hybridized carbons (Fsp3) is 0.286. The molecule has 0 fully saturated rings. The van der Waals surface area contributed by atoms with Crippen LogP contribution in [0.3, 0.4) is 0 Å². The van der Waals surface area contributed by atoms with Crippen molar-refractivity contribution in [2.24, 2.45) is 5.10 Å². The average Bonchev–Trinajstić information content (AvgIpc) is 2.50. The molecule has 2 rings (SSSR count). The van der Waals surface area contributed by atoms with Gasteiger partial charge in [-0.25, -0.2) is 0 Å². The van der Waals surface area contributed by atoms with Gasteiger partial charge in [-0.05, 0) is 49.3 Å². The lowest BCUT2D eigenvalue weighted by molar-refractivity contribution is 0.317. The molecule has 0 bridgehead atoms. The Bertz CT molecular complexity index is 813. The Labute approximate surface area is 137 Å². The van der Waals surface area contributed by atoms with Gasteiger partial charge in [0.25, 0.3) is 5.56 Å². The number of aromatic amines is 1. The van der Waals surface area contributed by atoms with Crippen molar-refractivity contribution in [1.29, 1.82) is 0 Å². The Hall–Kier alpha value is -1.99. The van der Waals surface area contributed by atoms with E-state index in [0.717, 1.165) is 16.7 Å². The molecule has 116 valence electrons. The van der Waals surface area contributed by atoms with Crippen molar-refractivity contribution in [2.75, 3.05) is 6.61 Å². The molecule has 0 atom stereocenters. The highest BCUT2D eigenvalue weighted by Crippen LogP contribution is 2.25. The molecule has 2 aromatic rings. The van der Waals surface area contributed by atoms with Crippen LogP contribution in [0, 0.1) is 11.7 Å². The summed E-state index contributed by atoms with van der Waals surface area (Å²) in [5, 5.41) is 10.9. The SMILES string of the molecule is CCCOc1ccc(/C=N\n2c(=S)[nH]nc(C)c2=O)cc1Cl. The Morgan fingerprint density at radius 3 is 3.00 bits per heavy atom. The van der Waals surface area contributed by atoms with Crippen molar-refractivity contribution in [2.45, 2.75) is 20.3 Å². The van der Waals surface area contributed by atoms with Crippen LogP contribution >= 0.6 is 23.8 Å². The van der Waals surface area contributed by atoms with E-state index in [1.165, 1.54) is 6.21 Å². The summed E-state index contributed by atoms with van der Waals surface area (Å²) in [5.41, 5.74) is 0.644. The summed E-state index contributed by atoms with van der Waals surface area (Å²) in [6.45, 7) is 4.21. The topological polar surface area (TPSA) is 72.3 Å². The zero-order chi connectivity index (χ0) is 16.1. The zero-order valence-electron chi connectivity index (χ0n) is 12.2. The third-order valence-corrected chi connectivity index (χ3v) is 3.31. The van der Waals surface area contributed by atoms with Crippen molar-refractivity contribution in [1.82, 2.24) is 14.9 Å². The van der Waals surface area contributed by atoms with Crippen LogP contribution in [0.25, 0.3) is 0 Å². The first-order valence-electron chi connectivity index (χ1n) is 6.68. The highest BCUT2D eigenvalue weighted by atomic mass is 35.5. The largest absolute Gasteiger partial charge is 0.492 e. The van der Waals surface area contributed by atoms with Crippen molar-refractivity contribution in [3.8, 4) is 5.75 Å². The number of benzene rings is 1. The molecule has 22 heavy (non-hydrogen) atoms. The summed E-state index contributed by atoms with van der Waals surface area (Å²) in [6.07, 6.45) is 2.40. The van der Waals surface area contributed by atoms with E-state index < -0.39 is 0 Å². The maximum atomic E-state index is 11.9. The Morgan fingerprint density at radius 1 is 1.55 bits per heavy atom. The minimum Gasteiger partial charge on any atom is -0.492 e. The number of hydrogen-bond donors (Lipinski definition) is 1. The first-order valence-corrected chi connectivity index (χ1v) is 7.46. The minimum atomic E-state index is -0.367. The molecule has 0 saturated heterocycles. The molecular weight excluding hydrogens is 324 g/mol. The number of nitrogens with one attached hydrogen (secondary N) is 1. The second kappa shape index (κ2) is 7.33. The fourth-order valence-electron chi connectivity index (χ4n) is 1.63. The van der Waals surface area contributed by atoms with E-state index in [1.807, 2.05) is 6.92 Å². The smallest absolute Gasteiger partial charge is 0.296 e. The van der Waals surface area contributed by atoms with E-state index in [-0.39, 0.29) is 16.0 Å². The number of H-pyrrole nitrogens is 1. The molecule has 0 amide bonds. The number of hydrogen-bond acceptors (Lipinski definition) is 5. The summed E-state index contributed by atoms with van der Waals surface area (Å²) in [7, 11) is 0. The van der Waals surface area contributed by atoms with Gasteiger partial charge in [0.05, 0.1) is 17.8 Å². The van der Waals surface area contributed by atoms with Crippen LogP contribution in [0.5, 0.6) is 5.75 Å². The molecule has 1 aromatic heterocycles. The van der Waals surface area contributed by atoms with Crippen LogP contribution in [0.4, 0.5) is 0 Å². The van der Waals surface area contributed by atoms with E-state index in [9.17, 15) is 4.79 Å². The average molecular weight is 339 g/mol. The summed E-state index contributed by atoms with van der Waals surface area (Å²) in [6, 6.07) is 5.27. The minimum absolute atomic E-state index is 0.126. The molecule has 8 heteroatoms. The van der Waals surface area contributed by atoms with E-state index in [2.05, 4.69) is 15.3 Å². The maximum absolute atomic E-state index is 11.9. The zero-order valence-corrected chi connectivity index (χ0v) is 13.7. The molecule has 0 saturated carbocycles. The van der Waals surface area contributed by atoms with Crippen LogP contribution < -0.4 is 10.3 Å². The monoisotopic (exact) mass is 338 g/mol. The fourth-order valence-corrected chi connectivity index (χ4v) is 2.05. The Balaban J connectivity index is 2.28. The van der Waals surface area contributed by atoms with Gasteiger partial charge in [0.15, 0.2) is 0 Å². The van der Waals surface area contributed by atoms with Crippen molar-refractivity contribution >= 4 is 30.0 Å². The standard InChI is InChI=1S/C14H15ClN4O2S/c1-3-6-21-12-5-4-10(7-11(12)15)8-16-19-13(20)9(2)17-18-14(19)22/h4-5,7-8H,3,6H2,1-2H3,(H,18,22)/b16-8-. The Kier molecular flexibility index (Phi) is 5.46. The van der Waals surface area contributed by atoms with Gasteiger partial charge in [0, 0.05) is 0 Å². The molecule has 0 radical (unpaired) electrons. The lowest BCUT2D eigenvalue weighted by atomic mass is 10.2. The number of aryl methyl sites for hydroxylation is 1. The third-order valence-electron chi connectivity index (χ3n) is 2.75. The number of rotatable bonds is 5. The summed E-state index contributed by atoms with van der Waals surface area (Å²) in [5.74, 6) is 0.620. The normalized spacial score (nSPS) is 11.0. The summed E-state index contributed by atoms with van der Waals surface area (Å²) in [4.78, 5) is 11.9. The van der Waals surface area contributed by atoms with Crippen LogP contribution in [0.15, 0.2) is 28.1 Å². The lowest BCUT2D eigenvalue weighted by Crippen LogP contribution is -2.22. The predicted molar refractivity (Wildman–Crippen MR) is 88.6 cm³/mol. The van der Waals surface area contributed by atoms with E-state index in [0.29, 0.717) is 17.4 Å². The van der Waals surface area contributed by atoms with Crippen LogP contribution in [0.2, 0.25) is 5.02 Å². The van der Waals surface area contributed by atoms with Gasteiger partial charge in [-0.1, -0.05) is 18.5 Å². The van der Waals surface area contributed by atoms with Crippen LogP contribution in [-0.4, -0.2) is 27.7 Å². The molecule has 0 aliphatic rings.